The Morgan fingerprint density at radius 2 is 1.60 bits per heavy atom. The van der Waals surface area contributed by atoms with Crippen molar-refractivity contribution < 1.29 is 45.0 Å². The molecule has 1 amide bonds. The first-order chi connectivity index (χ1) is 19.3. The molecule has 0 heterocycles. The van der Waals surface area contributed by atoms with Crippen molar-refractivity contribution in [2.45, 2.75) is 37.8 Å². The van der Waals surface area contributed by atoms with Gasteiger partial charge in [0.2, 0.25) is 11.4 Å². The Balaban J connectivity index is 1.78. The summed E-state index contributed by atoms with van der Waals surface area (Å²) in [4.78, 5) is 40.6. The number of phenolic OH excluding ortho intramolecular Hbond substituents is 1. The van der Waals surface area contributed by atoms with Gasteiger partial charge in [0.05, 0.1) is 11.1 Å². The zero-order valence-electron chi connectivity index (χ0n) is 22.0. The molecule has 1 fully saturated rings. The summed E-state index contributed by atoms with van der Waals surface area (Å²) in [6.07, 6.45) is -1.38. The van der Waals surface area contributed by atoms with Crippen LogP contribution in [0.4, 0.5) is 0 Å². The number of fused-ring (bicyclic) bond motifs is 3. The van der Waals surface area contributed by atoms with Gasteiger partial charge in [0, 0.05) is 12.8 Å². The fourth-order valence-corrected chi connectivity index (χ4v) is 7.29. The van der Waals surface area contributed by atoms with Gasteiger partial charge in [-0.25, -0.2) is 0 Å². The number of ketones is 2. The van der Waals surface area contributed by atoms with Gasteiger partial charge in [-0.05, 0) is 42.4 Å². The molecule has 11 nitrogen and oxygen atoms in total. The highest BCUT2D eigenvalue weighted by molar-refractivity contribution is 9.38. The zero-order chi connectivity index (χ0) is 31.3. The molecule has 2 aromatic carbocycles. The molecule has 222 valence electrons. The van der Waals surface area contributed by atoms with Gasteiger partial charge in [-0.2, -0.15) is 0 Å². The van der Waals surface area contributed by atoms with Crippen LogP contribution in [0, 0.1) is 0 Å². The number of phenols is 1. The minimum atomic E-state index is -3.36. The number of hydrogen-bond acceptors (Lipinski definition) is 10. The summed E-state index contributed by atoms with van der Waals surface area (Å²) in [5.41, 5.74) is -3.32. The van der Waals surface area contributed by atoms with Crippen LogP contribution in [0.15, 0.2) is 53.3 Å². The number of benzene rings is 2. The van der Waals surface area contributed by atoms with Crippen LogP contribution in [0.3, 0.4) is 0 Å². The minimum Gasteiger partial charge on any atom is -0.508 e. The Bertz CT molecular complexity index is 1650. The Labute approximate surface area is 264 Å². The number of hydrogen-bond donors (Lipinski definition) is 7. The number of aromatic hydroxyl groups is 1. The summed E-state index contributed by atoms with van der Waals surface area (Å²) in [5, 5.41) is 68.9. The maximum atomic E-state index is 14.0. The summed E-state index contributed by atoms with van der Waals surface area (Å²) in [6, 6.07) is 8.14. The Hall–Kier alpha value is -2.59. The van der Waals surface area contributed by atoms with E-state index in [-0.39, 0.29) is 11.1 Å². The van der Waals surface area contributed by atoms with Crippen LogP contribution in [-0.2, 0) is 22.9 Å². The third-order valence-electron chi connectivity index (χ3n) is 8.26. The number of carbonyl (C=O) groups excluding carboxylic acids is 3. The summed E-state index contributed by atoms with van der Waals surface area (Å²) in [6.45, 7) is 0. The zero-order valence-corrected chi connectivity index (χ0v) is 26.8. The average Bonchev–Trinajstić information content (AvgIpc) is 2.85. The SMILES string of the molecule is CN(C)[C@@H]1C(=O)C(C(N)=O)=C(O)[C@@]2(O)C(=O)C3=C(O)c4c(O)ccc(-c5ccc(C(Br)(Br)Br)cc5)c4C[C@@]3(O)C[C@@]12O. The highest BCUT2D eigenvalue weighted by atomic mass is 80.0. The van der Waals surface area contributed by atoms with Gasteiger partial charge in [0.25, 0.3) is 5.91 Å². The normalized spacial score (nSPS) is 29.4. The van der Waals surface area contributed by atoms with Crippen molar-refractivity contribution >= 4 is 71.0 Å². The van der Waals surface area contributed by atoms with E-state index in [9.17, 15) is 45.0 Å². The molecule has 8 N–H and O–H groups in total. The summed E-state index contributed by atoms with van der Waals surface area (Å²) in [7, 11) is 2.66. The van der Waals surface area contributed by atoms with Crippen molar-refractivity contribution in [3.8, 4) is 16.9 Å². The molecule has 0 unspecified atom stereocenters. The lowest BCUT2D eigenvalue weighted by Gasteiger charge is -2.57. The second-order valence-corrected chi connectivity index (χ2v) is 17.7. The van der Waals surface area contributed by atoms with Gasteiger partial charge in [-0.3, -0.25) is 19.3 Å². The topological polar surface area (TPSA) is 202 Å². The molecule has 0 bridgehead atoms. The number of amides is 1. The Kier molecular flexibility index (Phi) is 7.13. The molecule has 2 aromatic rings. The predicted octanol–water partition coefficient (Wildman–Crippen LogP) is 2.16. The molecule has 14 heteroatoms. The molecule has 0 aromatic heterocycles. The maximum absolute atomic E-state index is 14.0. The number of carbonyl (C=O) groups is 3. The van der Waals surface area contributed by atoms with E-state index in [0.717, 1.165) is 10.5 Å². The first kappa shape index (κ1) is 30.9. The molecule has 0 saturated heterocycles. The number of Topliss-reactive ketones (excluding diaryl/α,β-unsaturated/α-hetero) is 2. The smallest absolute Gasteiger partial charge is 0.255 e. The van der Waals surface area contributed by atoms with E-state index in [1.807, 2.05) is 0 Å². The van der Waals surface area contributed by atoms with E-state index in [2.05, 4.69) is 47.8 Å². The van der Waals surface area contributed by atoms with Crippen molar-refractivity contribution in [2.75, 3.05) is 14.1 Å². The monoisotopic (exact) mass is 770 g/mol. The number of nitrogens with two attached hydrogens (primary N) is 1. The molecule has 5 rings (SSSR count). The van der Waals surface area contributed by atoms with E-state index < -0.39 is 83.7 Å². The third-order valence-corrected chi connectivity index (χ3v) is 9.63. The second-order valence-electron chi connectivity index (χ2n) is 11.0. The summed E-state index contributed by atoms with van der Waals surface area (Å²) < 4.78 is -0.686. The van der Waals surface area contributed by atoms with E-state index in [1.54, 1.807) is 30.3 Å². The number of primary amides is 1. The molecule has 0 aliphatic heterocycles. The number of nitrogens with zero attached hydrogens (tertiary/aromatic N) is 1. The lowest BCUT2D eigenvalue weighted by molar-refractivity contribution is -0.216. The molecule has 1 saturated carbocycles. The first-order valence-corrected chi connectivity index (χ1v) is 14.8. The quantitative estimate of drug-likeness (QED) is 0.179. The van der Waals surface area contributed by atoms with E-state index in [4.69, 9.17) is 5.73 Å². The van der Waals surface area contributed by atoms with E-state index >= 15 is 0 Å². The number of alkyl halides is 3. The van der Waals surface area contributed by atoms with Crippen molar-refractivity contribution in [3.05, 3.63) is 70.0 Å². The Morgan fingerprint density at radius 1 is 1.00 bits per heavy atom. The standard InChI is InChI=1S/C28H25Br3N2O9/c1-33(2)21-20(36)17(24(32)39)22(37)27(42)23(38)18-19(35)16-14(9-25(18,40)10-26(21,27)41)13(7-8-15(16)34)11-3-5-12(6-4-11)28(29,30)31/h3-8,21,34-35,37,40-42H,9-10H2,1-2H3,(H2,32,39)/t21-,25-,26-,27-/m1/s1. The molecular weight excluding hydrogens is 748 g/mol. The molecule has 3 aliphatic rings. The molecular formula is C28H25Br3N2O9. The fraction of sp³-hybridized carbons (Fsp3) is 0.321. The van der Waals surface area contributed by atoms with Gasteiger partial charge < -0.3 is 36.4 Å². The molecule has 3 aliphatic carbocycles. The number of likely N-dealkylation sites (N-methyl/N-ethyl adjacent to an activating group) is 1. The van der Waals surface area contributed by atoms with Crippen molar-refractivity contribution in [1.29, 1.82) is 0 Å². The third kappa shape index (κ3) is 4.07. The van der Waals surface area contributed by atoms with Crippen LogP contribution in [-0.4, -0.2) is 90.0 Å². The Morgan fingerprint density at radius 3 is 2.12 bits per heavy atom. The van der Waals surface area contributed by atoms with Crippen LogP contribution < -0.4 is 5.73 Å². The highest BCUT2D eigenvalue weighted by Crippen LogP contribution is 2.57. The maximum Gasteiger partial charge on any atom is 0.255 e. The first-order valence-electron chi connectivity index (χ1n) is 12.4. The lowest BCUT2D eigenvalue weighted by Crippen LogP contribution is -2.79. The van der Waals surface area contributed by atoms with Crippen molar-refractivity contribution in [2.24, 2.45) is 5.73 Å². The number of aliphatic hydroxyl groups excluding tert-OH is 2. The number of aliphatic hydroxyl groups is 5. The second kappa shape index (κ2) is 9.71. The molecule has 4 atom stereocenters. The largest absolute Gasteiger partial charge is 0.508 e. The van der Waals surface area contributed by atoms with E-state index in [1.165, 1.54) is 20.2 Å². The van der Waals surface area contributed by atoms with Crippen LogP contribution in [0.5, 0.6) is 5.75 Å². The highest BCUT2D eigenvalue weighted by Gasteiger charge is 2.75. The lowest BCUT2D eigenvalue weighted by atomic mass is 9.53. The van der Waals surface area contributed by atoms with Crippen LogP contribution in [0.2, 0.25) is 0 Å². The average molecular weight is 773 g/mol. The van der Waals surface area contributed by atoms with Gasteiger partial charge in [-0.15, -0.1) is 0 Å². The van der Waals surface area contributed by atoms with Crippen molar-refractivity contribution in [1.82, 2.24) is 4.90 Å². The van der Waals surface area contributed by atoms with Gasteiger partial charge in [0.1, 0.15) is 34.3 Å². The molecule has 0 spiro atoms. The predicted molar refractivity (Wildman–Crippen MR) is 161 cm³/mol. The number of rotatable bonds is 3. The summed E-state index contributed by atoms with van der Waals surface area (Å²) in [5.74, 6) is -7.01. The fourth-order valence-electron chi connectivity index (χ4n) is 6.50. The van der Waals surface area contributed by atoms with Crippen LogP contribution in [0.25, 0.3) is 16.9 Å². The van der Waals surface area contributed by atoms with Crippen molar-refractivity contribution in [3.63, 3.8) is 0 Å². The molecule has 42 heavy (non-hydrogen) atoms. The van der Waals surface area contributed by atoms with Gasteiger partial charge in [0.15, 0.2) is 13.7 Å². The minimum absolute atomic E-state index is 0.205. The van der Waals surface area contributed by atoms with Crippen LogP contribution in [0.1, 0.15) is 23.1 Å². The number of halogens is 3. The van der Waals surface area contributed by atoms with Gasteiger partial charge >= 0.3 is 0 Å². The van der Waals surface area contributed by atoms with Crippen LogP contribution >= 0.6 is 47.8 Å². The van der Waals surface area contributed by atoms with Gasteiger partial charge in [-0.1, -0.05) is 78.1 Å². The van der Waals surface area contributed by atoms with E-state index in [0.29, 0.717) is 11.1 Å². The summed E-state index contributed by atoms with van der Waals surface area (Å²) >= 11 is 10.3. The molecule has 0 radical (unpaired) electrons.